The lowest BCUT2D eigenvalue weighted by molar-refractivity contribution is -0.111. The van der Waals surface area contributed by atoms with Gasteiger partial charge in [0, 0.05) is 13.5 Å². The zero-order valence-electron chi connectivity index (χ0n) is 10.2. The van der Waals surface area contributed by atoms with Gasteiger partial charge in [-0.1, -0.05) is 0 Å². The maximum Gasteiger partial charge on any atom is 0.410 e. The molecule has 1 aliphatic heterocycles. The third-order valence-electron chi connectivity index (χ3n) is 2.42. The molecule has 16 heavy (non-hydrogen) atoms. The van der Waals surface area contributed by atoms with Crippen molar-refractivity contribution in [1.29, 1.82) is 0 Å². The van der Waals surface area contributed by atoms with E-state index in [0.29, 0.717) is 13.0 Å². The number of carbonyl (C=O) groups excluding carboxylic acids is 2. The first-order valence-corrected chi connectivity index (χ1v) is 5.35. The second-order valence-corrected chi connectivity index (χ2v) is 4.93. The fourth-order valence-corrected chi connectivity index (χ4v) is 1.66. The van der Waals surface area contributed by atoms with Crippen molar-refractivity contribution < 1.29 is 19.1 Å². The number of carbonyl (C=O) groups is 2. The van der Waals surface area contributed by atoms with Gasteiger partial charge in [0.1, 0.15) is 11.9 Å². The van der Waals surface area contributed by atoms with Crippen LogP contribution in [0.1, 0.15) is 27.2 Å². The van der Waals surface area contributed by atoms with Gasteiger partial charge >= 0.3 is 6.09 Å². The molecule has 1 saturated heterocycles. The summed E-state index contributed by atoms with van der Waals surface area (Å²) in [4.78, 5) is 24.0. The van der Waals surface area contributed by atoms with E-state index < -0.39 is 17.7 Å². The van der Waals surface area contributed by atoms with Gasteiger partial charge in [-0.3, -0.25) is 4.90 Å². The van der Waals surface area contributed by atoms with Gasteiger partial charge in [-0.15, -0.1) is 0 Å². The number of aldehydes is 1. The molecule has 0 aliphatic carbocycles. The molecular weight excluding hydrogens is 210 g/mol. The molecule has 0 spiro atoms. The largest absolute Gasteiger partial charge is 0.444 e. The molecule has 0 aromatic rings. The highest BCUT2D eigenvalue weighted by Gasteiger charge is 2.37. The van der Waals surface area contributed by atoms with Gasteiger partial charge < -0.3 is 14.3 Å². The maximum absolute atomic E-state index is 11.8. The van der Waals surface area contributed by atoms with Gasteiger partial charge in [0.15, 0.2) is 0 Å². The van der Waals surface area contributed by atoms with Crippen LogP contribution >= 0.6 is 0 Å². The molecule has 0 aromatic carbocycles. The lowest BCUT2D eigenvalue weighted by Gasteiger charge is -2.26. The molecule has 0 radical (unpaired) electrons. The molecule has 0 aromatic heterocycles. The van der Waals surface area contributed by atoms with Crippen molar-refractivity contribution in [1.82, 2.24) is 4.90 Å². The lowest BCUT2D eigenvalue weighted by Crippen LogP contribution is -2.40. The van der Waals surface area contributed by atoms with E-state index in [-0.39, 0.29) is 6.10 Å². The van der Waals surface area contributed by atoms with Crippen molar-refractivity contribution in [2.24, 2.45) is 0 Å². The normalized spacial score (nSPS) is 25.6. The van der Waals surface area contributed by atoms with Crippen LogP contribution in [0.25, 0.3) is 0 Å². The van der Waals surface area contributed by atoms with Crippen molar-refractivity contribution >= 4 is 12.4 Å². The van der Waals surface area contributed by atoms with Crippen LogP contribution in [0, 0.1) is 0 Å². The summed E-state index contributed by atoms with van der Waals surface area (Å²) in [6.45, 7) is 5.80. The van der Waals surface area contributed by atoms with Crippen molar-refractivity contribution in [3.63, 3.8) is 0 Å². The number of likely N-dealkylation sites (tertiary alicyclic amines) is 1. The van der Waals surface area contributed by atoms with E-state index in [1.807, 2.05) is 0 Å². The number of nitrogens with zero attached hydrogens (tertiary/aromatic N) is 1. The average molecular weight is 229 g/mol. The predicted molar refractivity (Wildman–Crippen MR) is 58.2 cm³/mol. The van der Waals surface area contributed by atoms with Crippen LogP contribution in [-0.2, 0) is 14.3 Å². The topological polar surface area (TPSA) is 55.8 Å². The van der Waals surface area contributed by atoms with Crippen molar-refractivity contribution in [2.75, 3.05) is 13.7 Å². The fourth-order valence-electron chi connectivity index (χ4n) is 1.66. The third kappa shape index (κ3) is 3.20. The smallest absolute Gasteiger partial charge is 0.410 e. The van der Waals surface area contributed by atoms with Crippen LogP contribution in [0.4, 0.5) is 4.79 Å². The van der Waals surface area contributed by atoms with Gasteiger partial charge in [0.2, 0.25) is 0 Å². The average Bonchev–Trinajstić information content (AvgIpc) is 2.58. The van der Waals surface area contributed by atoms with Crippen molar-refractivity contribution in [3.05, 3.63) is 0 Å². The molecule has 0 bridgehead atoms. The molecule has 1 aliphatic rings. The van der Waals surface area contributed by atoms with E-state index in [1.54, 1.807) is 27.9 Å². The number of methoxy groups -OCH3 is 1. The highest BCUT2D eigenvalue weighted by molar-refractivity contribution is 5.74. The number of hydrogen-bond acceptors (Lipinski definition) is 4. The zero-order chi connectivity index (χ0) is 12.3. The standard InChI is InChI=1S/C11H19NO4/c1-11(2,3)16-10(14)12-6-9(15-4)5-8(12)7-13/h7-9H,5-6H2,1-4H3/t8-,9-/m0/s1. The molecule has 1 fully saturated rings. The van der Waals surface area contributed by atoms with Crippen LogP contribution in [0.3, 0.4) is 0 Å². The van der Waals surface area contributed by atoms with E-state index >= 15 is 0 Å². The van der Waals surface area contributed by atoms with Crippen LogP contribution in [-0.4, -0.2) is 48.7 Å². The molecular formula is C11H19NO4. The first kappa shape index (κ1) is 13.0. The Morgan fingerprint density at radius 2 is 2.06 bits per heavy atom. The summed E-state index contributed by atoms with van der Waals surface area (Å²) in [5.41, 5.74) is -0.546. The highest BCUT2D eigenvalue weighted by Crippen LogP contribution is 2.21. The third-order valence-corrected chi connectivity index (χ3v) is 2.42. The van der Waals surface area contributed by atoms with E-state index in [0.717, 1.165) is 6.29 Å². The summed E-state index contributed by atoms with van der Waals surface area (Å²) in [7, 11) is 1.57. The number of amides is 1. The van der Waals surface area contributed by atoms with E-state index in [2.05, 4.69) is 0 Å². The summed E-state index contributed by atoms with van der Waals surface area (Å²) in [6, 6.07) is -0.431. The monoisotopic (exact) mass is 229 g/mol. The molecule has 1 heterocycles. The molecule has 0 N–H and O–H groups in total. The molecule has 0 saturated carbocycles. The van der Waals surface area contributed by atoms with Crippen molar-refractivity contribution in [3.8, 4) is 0 Å². The number of rotatable bonds is 2. The Labute approximate surface area is 95.7 Å². The molecule has 92 valence electrons. The van der Waals surface area contributed by atoms with E-state index in [1.165, 1.54) is 4.90 Å². The quantitative estimate of drug-likeness (QED) is 0.668. The summed E-state index contributed by atoms with van der Waals surface area (Å²) < 4.78 is 10.4. The summed E-state index contributed by atoms with van der Waals surface area (Å²) in [6.07, 6.45) is 0.772. The fraction of sp³-hybridized carbons (Fsp3) is 0.818. The second kappa shape index (κ2) is 4.82. The van der Waals surface area contributed by atoms with Gasteiger partial charge in [-0.25, -0.2) is 4.79 Å². The van der Waals surface area contributed by atoms with Gasteiger partial charge in [-0.05, 0) is 20.8 Å². The van der Waals surface area contributed by atoms with E-state index in [4.69, 9.17) is 9.47 Å². The SMILES string of the molecule is CO[C@H]1C[C@@H](C=O)N(C(=O)OC(C)(C)C)C1. The summed E-state index contributed by atoms with van der Waals surface area (Å²) in [5, 5.41) is 0. The number of ether oxygens (including phenoxy) is 2. The molecule has 1 rings (SSSR count). The Balaban J connectivity index is 2.64. The van der Waals surface area contributed by atoms with Crippen LogP contribution in [0.15, 0.2) is 0 Å². The minimum Gasteiger partial charge on any atom is -0.444 e. The highest BCUT2D eigenvalue weighted by atomic mass is 16.6. The van der Waals surface area contributed by atoms with Gasteiger partial charge in [0.25, 0.3) is 0 Å². The molecule has 1 amide bonds. The molecule has 5 nitrogen and oxygen atoms in total. The first-order chi connectivity index (χ1) is 7.37. The second-order valence-electron chi connectivity index (χ2n) is 4.93. The Morgan fingerprint density at radius 1 is 1.44 bits per heavy atom. The van der Waals surface area contributed by atoms with E-state index in [9.17, 15) is 9.59 Å². The predicted octanol–water partition coefficient (Wildman–Crippen LogP) is 1.21. The van der Waals surface area contributed by atoms with Crippen LogP contribution in [0.5, 0.6) is 0 Å². The van der Waals surface area contributed by atoms with Crippen LogP contribution in [0.2, 0.25) is 0 Å². The molecule has 5 heteroatoms. The van der Waals surface area contributed by atoms with Crippen LogP contribution < -0.4 is 0 Å². The Morgan fingerprint density at radius 3 is 2.50 bits per heavy atom. The number of hydrogen-bond donors (Lipinski definition) is 0. The summed E-state index contributed by atoms with van der Waals surface area (Å²) in [5.74, 6) is 0. The first-order valence-electron chi connectivity index (χ1n) is 5.35. The van der Waals surface area contributed by atoms with Gasteiger partial charge in [0.05, 0.1) is 18.7 Å². The maximum atomic E-state index is 11.8. The minimum atomic E-state index is -0.546. The van der Waals surface area contributed by atoms with Crippen molar-refractivity contribution in [2.45, 2.75) is 44.9 Å². The molecule has 2 atom stereocenters. The molecule has 0 unspecified atom stereocenters. The summed E-state index contributed by atoms with van der Waals surface area (Å²) >= 11 is 0. The Bertz CT molecular complexity index is 272. The lowest BCUT2D eigenvalue weighted by atomic mass is 10.2. The van der Waals surface area contributed by atoms with Gasteiger partial charge in [-0.2, -0.15) is 0 Å². The Hall–Kier alpha value is -1.10. The minimum absolute atomic E-state index is 0.0808. The zero-order valence-corrected chi connectivity index (χ0v) is 10.2. The Kier molecular flexibility index (Phi) is 3.91.